The molecule has 160 valence electrons. The second-order valence-corrected chi connectivity index (χ2v) is 8.18. The van der Waals surface area contributed by atoms with Gasteiger partial charge in [0.2, 0.25) is 0 Å². The lowest BCUT2D eigenvalue weighted by Gasteiger charge is -2.12. The molecular weight excluding hydrogens is 452 g/mol. The van der Waals surface area contributed by atoms with E-state index in [9.17, 15) is 19.7 Å². The van der Waals surface area contributed by atoms with Crippen molar-refractivity contribution in [1.29, 1.82) is 0 Å². The summed E-state index contributed by atoms with van der Waals surface area (Å²) in [6.07, 6.45) is 1.45. The quantitative estimate of drug-likeness (QED) is 0.249. The first kappa shape index (κ1) is 21.6. The van der Waals surface area contributed by atoms with E-state index in [0.29, 0.717) is 16.3 Å². The number of nitro benzene ring substituents is 1. The van der Waals surface area contributed by atoms with Gasteiger partial charge in [0.25, 0.3) is 11.1 Å². The van der Waals surface area contributed by atoms with Crippen LogP contribution in [-0.2, 0) is 11.4 Å². The summed E-state index contributed by atoms with van der Waals surface area (Å²) in [4.78, 5) is 37.4. The van der Waals surface area contributed by atoms with Gasteiger partial charge in [0.1, 0.15) is 6.61 Å². The van der Waals surface area contributed by atoms with Crippen LogP contribution in [0.4, 0.5) is 16.2 Å². The van der Waals surface area contributed by atoms with Crippen molar-refractivity contribution in [2.24, 2.45) is 0 Å². The van der Waals surface area contributed by atoms with Crippen LogP contribution in [0.1, 0.15) is 11.1 Å². The first-order valence-electron chi connectivity index (χ1n) is 9.41. The minimum absolute atomic E-state index is 0.116. The number of benzene rings is 3. The number of carbonyl (C=O) groups excluding carboxylic acids is 2. The van der Waals surface area contributed by atoms with E-state index in [-0.39, 0.29) is 22.9 Å². The smallest absolute Gasteiger partial charge is 0.311 e. The number of ether oxygens (including phenoxy) is 1. The summed E-state index contributed by atoms with van der Waals surface area (Å²) in [5.41, 5.74) is 1.45. The highest BCUT2D eigenvalue weighted by atomic mass is 35.5. The lowest BCUT2D eigenvalue weighted by Crippen LogP contribution is -2.27. The van der Waals surface area contributed by atoms with Crippen molar-refractivity contribution in [1.82, 2.24) is 0 Å². The number of halogens is 1. The van der Waals surface area contributed by atoms with Crippen LogP contribution in [-0.4, -0.2) is 16.1 Å². The number of thioether (sulfide) groups is 1. The van der Waals surface area contributed by atoms with E-state index in [1.807, 2.05) is 30.3 Å². The molecule has 1 aliphatic heterocycles. The normalized spacial score (nSPS) is 14.8. The van der Waals surface area contributed by atoms with Crippen LogP contribution in [0, 0.1) is 10.1 Å². The third kappa shape index (κ3) is 4.66. The molecule has 0 radical (unpaired) electrons. The van der Waals surface area contributed by atoms with E-state index < -0.39 is 16.1 Å². The lowest BCUT2D eigenvalue weighted by molar-refractivity contribution is -0.386. The summed E-state index contributed by atoms with van der Waals surface area (Å²) in [5.74, 6) is -0.389. The molecule has 1 fully saturated rings. The first-order valence-corrected chi connectivity index (χ1v) is 10.6. The highest BCUT2D eigenvalue weighted by Gasteiger charge is 2.36. The van der Waals surface area contributed by atoms with Crippen molar-refractivity contribution < 1.29 is 19.2 Å². The van der Waals surface area contributed by atoms with Crippen molar-refractivity contribution in [3.63, 3.8) is 0 Å². The van der Waals surface area contributed by atoms with Gasteiger partial charge in [-0.3, -0.25) is 19.7 Å². The van der Waals surface area contributed by atoms with Crippen LogP contribution in [0.3, 0.4) is 0 Å². The van der Waals surface area contributed by atoms with Gasteiger partial charge in [0.05, 0.1) is 15.5 Å². The monoisotopic (exact) mass is 466 g/mol. The molecule has 7 nitrogen and oxygen atoms in total. The highest BCUT2D eigenvalue weighted by Crippen LogP contribution is 2.37. The van der Waals surface area contributed by atoms with Crippen molar-refractivity contribution >= 4 is 52.0 Å². The molecule has 1 heterocycles. The number of rotatable bonds is 6. The third-order valence-corrected chi connectivity index (χ3v) is 5.71. The van der Waals surface area contributed by atoms with Gasteiger partial charge in [-0.25, -0.2) is 4.90 Å². The summed E-state index contributed by atoms with van der Waals surface area (Å²) in [5, 5.41) is 11.6. The Morgan fingerprint density at radius 2 is 1.75 bits per heavy atom. The average molecular weight is 467 g/mol. The fraction of sp³-hybridized carbons (Fsp3) is 0.0435. The predicted molar refractivity (Wildman–Crippen MR) is 124 cm³/mol. The Balaban J connectivity index is 1.57. The largest absolute Gasteiger partial charge is 0.482 e. The maximum atomic E-state index is 12.8. The fourth-order valence-electron chi connectivity index (χ4n) is 3.06. The molecule has 4 rings (SSSR count). The Hall–Kier alpha value is -3.62. The summed E-state index contributed by atoms with van der Waals surface area (Å²) in [6, 6.07) is 20.0. The number of hydrogen-bond acceptors (Lipinski definition) is 6. The van der Waals surface area contributed by atoms with Crippen LogP contribution in [0.2, 0.25) is 5.02 Å². The van der Waals surface area contributed by atoms with Gasteiger partial charge in [-0.15, -0.1) is 0 Å². The van der Waals surface area contributed by atoms with Gasteiger partial charge < -0.3 is 4.74 Å². The number of amides is 2. The van der Waals surface area contributed by atoms with E-state index >= 15 is 0 Å². The number of anilines is 1. The second kappa shape index (κ2) is 9.25. The van der Waals surface area contributed by atoms with Gasteiger partial charge in [-0.2, -0.15) is 0 Å². The molecule has 1 aliphatic rings. The van der Waals surface area contributed by atoms with Crippen molar-refractivity contribution in [2.75, 3.05) is 4.90 Å². The molecule has 0 atom stereocenters. The summed E-state index contributed by atoms with van der Waals surface area (Å²) < 4.78 is 5.62. The zero-order valence-corrected chi connectivity index (χ0v) is 18.0. The Labute approximate surface area is 192 Å². The zero-order valence-electron chi connectivity index (χ0n) is 16.4. The zero-order chi connectivity index (χ0) is 22.7. The minimum Gasteiger partial charge on any atom is -0.482 e. The molecule has 0 saturated carbocycles. The molecule has 32 heavy (non-hydrogen) atoms. The Bertz CT molecular complexity index is 1230. The molecular formula is C23H15ClN2O5S. The highest BCUT2D eigenvalue weighted by molar-refractivity contribution is 8.19. The maximum absolute atomic E-state index is 12.8. The molecule has 0 spiro atoms. The van der Waals surface area contributed by atoms with E-state index in [4.69, 9.17) is 16.3 Å². The molecule has 0 unspecified atom stereocenters. The number of imide groups is 1. The summed E-state index contributed by atoms with van der Waals surface area (Å²) in [7, 11) is 0. The molecule has 3 aromatic carbocycles. The number of nitro groups is 1. The number of nitrogens with zero attached hydrogens (tertiary/aromatic N) is 2. The van der Waals surface area contributed by atoms with Crippen molar-refractivity contribution in [2.45, 2.75) is 6.61 Å². The van der Waals surface area contributed by atoms with Gasteiger partial charge in [0, 0.05) is 11.1 Å². The van der Waals surface area contributed by atoms with Crippen LogP contribution < -0.4 is 9.64 Å². The SMILES string of the molecule is O=C1S/C(=C/c2ccc(OCc3ccccc3)c([N+](=O)[O-])c2)C(=O)N1c1ccc(Cl)cc1. The van der Waals surface area contributed by atoms with Crippen molar-refractivity contribution in [3.05, 3.63) is 104 Å². The van der Waals surface area contributed by atoms with Crippen LogP contribution in [0.25, 0.3) is 6.08 Å². The van der Waals surface area contributed by atoms with E-state index in [1.165, 1.54) is 18.2 Å². The Kier molecular flexibility index (Phi) is 6.25. The van der Waals surface area contributed by atoms with Gasteiger partial charge >= 0.3 is 5.69 Å². The molecule has 0 aromatic heterocycles. The number of hydrogen-bond donors (Lipinski definition) is 0. The molecule has 9 heteroatoms. The summed E-state index contributed by atoms with van der Waals surface area (Å²) in [6.45, 7) is 0.182. The Morgan fingerprint density at radius 1 is 1.03 bits per heavy atom. The Morgan fingerprint density at radius 3 is 2.44 bits per heavy atom. The van der Waals surface area contributed by atoms with E-state index in [0.717, 1.165) is 22.2 Å². The molecule has 1 saturated heterocycles. The minimum atomic E-state index is -0.545. The summed E-state index contributed by atoms with van der Waals surface area (Å²) >= 11 is 6.63. The molecule has 2 amide bonds. The molecule has 0 bridgehead atoms. The van der Waals surface area contributed by atoms with E-state index in [1.54, 1.807) is 30.3 Å². The molecule has 3 aromatic rings. The van der Waals surface area contributed by atoms with Gasteiger partial charge in [0.15, 0.2) is 5.75 Å². The second-order valence-electron chi connectivity index (χ2n) is 6.75. The topological polar surface area (TPSA) is 89.7 Å². The molecule has 0 N–H and O–H groups in total. The van der Waals surface area contributed by atoms with Gasteiger partial charge in [-0.05, 0) is 59.3 Å². The predicted octanol–water partition coefficient (Wildman–Crippen LogP) is 6.07. The molecule has 0 aliphatic carbocycles. The van der Waals surface area contributed by atoms with Crippen LogP contribution in [0.15, 0.2) is 77.7 Å². The maximum Gasteiger partial charge on any atom is 0.311 e. The fourth-order valence-corrected chi connectivity index (χ4v) is 4.02. The third-order valence-electron chi connectivity index (χ3n) is 4.59. The van der Waals surface area contributed by atoms with Crippen LogP contribution >= 0.6 is 23.4 Å². The van der Waals surface area contributed by atoms with Crippen LogP contribution in [0.5, 0.6) is 5.75 Å². The van der Waals surface area contributed by atoms with E-state index in [2.05, 4.69) is 0 Å². The lowest BCUT2D eigenvalue weighted by atomic mass is 10.1. The average Bonchev–Trinajstić information content (AvgIpc) is 3.07. The number of carbonyl (C=O) groups is 2. The van der Waals surface area contributed by atoms with Crippen molar-refractivity contribution in [3.8, 4) is 5.75 Å². The first-order chi connectivity index (χ1) is 15.4. The standard InChI is InChI=1S/C23H15ClN2O5S/c24-17-7-9-18(10-8-17)25-22(27)21(32-23(25)28)13-16-6-11-20(19(12-16)26(29)30)31-14-15-4-2-1-3-5-15/h1-13H,14H2/b21-13+. The van der Waals surface area contributed by atoms with Gasteiger partial charge in [-0.1, -0.05) is 48.0 Å².